The van der Waals surface area contributed by atoms with Crippen molar-refractivity contribution in [2.24, 2.45) is 0 Å². The van der Waals surface area contributed by atoms with E-state index in [9.17, 15) is 4.79 Å². The Bertz CT molecular complexity index is 571. The Morgan fingerprint density at radius 1 is 1.53 bits per heavy atom. The van der Waals surface area contributed by atoms with E-state index in [0.29, 0.717) is 18.2 Å². The molecule has 0 bridgehead atoms. The van der Waals surface area contributed by atoms with Gasteiger partial charge in [0.15, 0.2) is 5.13 Å². The van der Waals surface area contributed by atoms with E-state index >= 15 is 0 Å². The fourth-order valence-corrected chi connectivity index (χ4v) is 2.58. The van der Waals surface area contributed by atoms with E-state index in [4.69, 9.17) is 4.74 Å². The van der Waals surface area contributed by atoms with Crippen molar-refractivity contribution in [2.75, 3.05) is 11.9 Å². The number of benzene rings is 1. The van der Waals surface area contributed by atoms with Crippen molar-refractivity contribution in [1.82, 2.24) is 4.98 Å². The van der Waals surface area contributed by atoms with E-state index in [1.807, 2.05) is 31.2 Å². The number of rotatable bonds is 5. The molecule has 0 unspecified atom stereocenters. The van der Waals surface area contributed by atoms with Crippen LogP contribution in [0.5, 0.6) is 5.75 Å². The van der Waals surface area contributed by atoms with E-state index in [-0.39, 0.29) is 5.91 Å². The van der Waals surface area contributed by atoms with Crippen LogP contribution in [0.4, 0.5) is 5.13 Å². The molecule has 0 atom stereocenters. The van der Waals surface area contributed by atoms with Gasteiger partial charge >= 0.3 is 0 Å². The van der Waals surface area contributed by atoms with Gasteiger partial charge < -0.3 is 10.1 Å². The normalized spacial score (nSPS) is 10.2. The Morgan fingerprint density at radius 2 is 2.37 bits per heavy atom. The second-order valence-electron chi connectivity index (χ2n) is 3.93. The Hall–Kier alpha value is -1.40. The van der Waals surface area contributed by atoms with Crippen LogP contribution in [0, 0.1) is 6.92 Å². The third-order valence-electron chi connectivity index (χ3n) is 2.31. The number of halogens is 1. The average molecular weight is 341 g/mol. The molecule has 0 fully saturated rings. The minimum Gasteiger partial charge on any atom is -0.493 e. The van der Waals surface area contributed by atoms with Crippen molar-refractivity contribution in [3.8, 4) is 5.75 Å². The summed E-state index contributed by atoms with van der Waals surface area (Å²) < 4.78 is 6.40. The molecule has 2 aromatic rings. The molecule has 1 amide bonds. The van der Waals surface area contributed by atoms with Crippen LogP contribution in [0.25, 0.3) is 0 Å². The maximum absolute atomic E-state index is 11.6. The number of nitrogens with zero attached hydrogens (tertiary/aromatic N) is 1. The molecule has 0 aliphatic heterocycles. The van der Waals surface area contributed by atoms with Gasteiger partial charge in [0.05, 0.1) is 23.0 Å². The molecule has 0 spiro atoms. The van der Waals surface area contributed by atoms with Crippen LogP contribution in [0.1, 0.15) is 12.0 Å². The van der Waals surface area contributed by atoms with Crippen molar-refractivity contribution in [2.45, 2.75) is 13.3 Å². The molecular formula is C13H13BrN2O2S. The monoisotopic (exact) mass is 340 g/mol. The lowest BCUT2D eigenvalue weighted by Gasteiger charge is -2.06. The quantitative estimate of drug-likeness (QED) is 0.904. The molecule has 0 saturated heterocycles. The van der Waals surface area contributed by atoms with Gasteiger partial charge in [-0.15, -0.1) is 0 Å². The van der Waals surface area contributed by atoms with Gasteiger partial charge in [-0.1, -0.05) is 23.5 Å². The van der Waals surface area contributed by atoms with E-state index in [2.05, 4.69) is 26.2 Å². The first-order valence-corrected chi connectivity index (χ1v) is 7.35. The molecule has 1 aromatic heterocycles. The summed E-state index contributed by atoms with van der Waals surface area (Å²) in [4.78, 5) is 15.7. The van der Waals surface area contributed by atoms with Gasteiger partial charge in [-0.05, 0) is 40.5 Å². The third kappa shape index (κ3) is 4.65. The van der Waals surface area contributed by atoms with Gasteiger partial charge in [-0.2, -0.15) is 0 Å². The minimum absolute atomic E-state index is 0.102. The van der Waals surface area contributed by atoms with Crippen LogP contribution in [0.2, 0.25) is 0 Å². The lowest BCUT2D eigenvalue weighted by molar-refractivity contribution is -0.116. The van der Waals surface area contributed by atoms with Crippen LogP contribution in [-0.2, 0) is 4.79 Å². The first-order chi connectivity index (χ1) is 9.13. The van der Waals surface area contributed by atoms with Gasteiger partial charge in [-0.3, -0.25) is 4.79 Å². The zero-order valence-electron chi connectivity index (χ0n) is 10.4. The summed E-state index contributed by atoms with van der Waals surface area (Å²) in [5, 5.41) is 3.31. The molecule has 2 rings (SSSR count). The first kappa shape index (κ1) is 14.0. The largest absolute Gasteiger partial charge is 0.493 e. The van der Waals surface area contributed by atoms with Gasteiger partial charge in [0.25, 0.3) is 0 Å². The highest BCUT2D eigenvalue weighted by molar-refractivity contribution is 9.11. The molecule has 6 heteroatoms. The summed E-state index contributed by atoms with van der Waals surface area (Å²) >= 11 is 4.67. The molecule has 1 heterocycles. The average Bonchev–Trinajstić information content (AvgIpc) is 2.75. The van der Waals surface area contributed by atoms with Crippen LogP contribution < -0.4 is 10.1 Å². The van der Waals surface area contributed by atoms with Crippen molar-refractivity contribution < 1.29 is 9.53 Å². The molecule has 100 valence electrons. The number of hydrogen-bond acceptors (Lipinski definition) is 4. The van der Waals surface area contributed by atoms with E-state index in [1.165, 1.54) is 11.3 Å². The van der Waals surface area contributed by atoms with Crippen molar-refractivity contribution in [1.29, 1.82) is 0 Å². The summed E-state index contributed by atoms with van der Waals surface area (Å²) in [6, 6.07) is 7.75. The maximum Gasteiger partial charge on any atom is 0.229 e. The predicted molar refractivity (Wildman–Crippen MR) is 79.7 cm³/mol. The lowest BCUT2D eigenvalue weighted by atomic mass is 10.2. The topological polar surface area (TPSA) is 51.2 Å². The van der Waals surface area contributed by atoms with E-state index < -0.39 is 0 Å². The summed E-state index contributed by atoms with van der Waals surface area (Å²) in [5.41, 5.74) is 1.13. The predicted octanol–water partition coefficient (Wildman–Crippen LogP) is 3.62. The van der Waals surface area contributed by atoms with Gasteiger partial charge in [-0.25, -0.2) is 4.98 Å². The molecule has 0 aliphatic carbocycles. The minimum atomic E-state index is -0.102. The Labute approximate surface area is 124 Å². The van der Waals surface area contributed by atoms with Crippen molar-refractivity contribution in [3.63, 3.8) is 0 Å². The summed E-state index contributed by atoms with van der Waals surface area (Å²) in [7, 11) is 0. The molecule has 0 saturated carbocycles. The number of amides is 1. The van der Waals surface area contributed by atoms with E-state index in [0.717, 1.165) is 15.1 Å². The number of aryl methyl sites for hydroxylation is 1. The zero-order valence-corrected chi connectivity index (χ0v) is 12.8. The Balaban J connectivity index is 1.75. The number of aromatic nitrogens is 1. The fourth-order valence-electron chi connectivity index (χ4n) is 1.46. The molecule has 19 heavy (non-hydrogen) atoms. The van der Waals surface area contributed by atoms with Crippen LogP contribution >= 0.6 is 27.3 Å². The number of thiazole rings is 1. The number of nitrogens with one attached hydrogen (secondary N) is 1. The highest BCUT2D eigenvalue weighted by atomic mass is 79.9. The second-order valence-corrected chi connectivity index (χ2v) is 6.34. The smallest absolute Gasteiger partial charge is 0.229 e. The summed E-state index contributed by atoms with van der Waals surface area (Å²) in [6.07, 6.45) is 1.95. The SMILES string of the molecule is Cc1cccc(OCCC(=O)Nc2ncc(Br)s2)c1. The summed E-state index contributed by atoms with van der Waals surface area (Å²) in [6.45, 7) is 2.35. The molecule has 0 aliphatic rings. The highest BCUT2D eigenvalue weighted by Crippen LogP contribution is 2.23. The Morgan fingerprint density at radius 3 is 3.05 bits per heavy atom. The van der Waals surface area contributed by atoms with Gasteiger partial charge in [0, 0.05) is 0 Å². The molecular weight excluding hydrogens is 328 g/mol. The molecule has 4 nitrogen and oxygen atoms in total. The Kier molecular flexibility index (Phi) is 4.93. The second kappa shape index (κ2) is 6.68. The molecule has 1 aromatic carbocycles. The number of carbonyl (C=O) groups is 1. The number of anilines is 1. The lowest BCUT2D eigenvalue weighted by Crippen LogP contribution is -2.14. The fraction of sp³-hybridized carbons (Fsp3) is 0.231. The first-order valence-electron chi connectivity index (χ1n) is 5.74. The number of ether oxygens (including phenoxy) is 1. The number of carbonyl (C=O) groups excluding carboxylic acids is 1. The maximum atomic E-state index is 11.6. The third-order valence-corrected chi connectivity index (χ3v) is 3.70. The highest BCUT2D eigenvalue weighted by Gasteiger charge is 2.06. The van der Waals surface area contributed by atoms with Crippen LogP contribution in [-0.4, -0.2) is 17.5 Å². The zero-order chi connectivity index (χ0) is 13.7. The van der Waals surface area contributed by atoms with Crippen molar-refractivity contribution >= 4 is 38.3 Å². The van der Waals surface area contributed by atoms with E-state index in [1.54, 1.807) is 6.20 Å². The van der Waals surface area contributed by atoms with Gasteiger partial charge in [0.1, 0.15) is 5.75 Å². The summed E-state index contributed by atoms with van der Waals surface area (Å²) in [5.74, 6) is 0.680. The van der Waals surface area contributed by atoms with Crippen LogP contribution in [0.15, 0.2) is 34.2 Å². The number of hydrogen-bond donors (Lipinski definition) is 1. The van der Waals surface area contributed by atoms with Gasteiger partial charge in [0.2, 0.25) is 5.91 Å². The molecule has 0 radical (unpaired) electrons. The molecule has 1 N–H and O–H groups in total. The van der Waals surface area contributed by atoms with Crippen molar-refractivity contribution in [3.05, 3.63) is 39.8 Å². The standard InChI is InChI=1S/C13H13BrN2O2S/c1-9-3-2-4-10(7-9)18-6-5-12(17)16-13-15-8-11(14)19-13/h2-4,7-8H,5-6H2,1H3,(H,15,16,17). The van der Waals surface area contributed by atoms with Crippen LogP contribution in [0.3, 0.4) is 0 Å².